The van der Waals surface area contributed by atoms with Crippen molar-refractivity contribution in [3.05, 3.63) is 53.9 Å². The third-order valence-electron chi connectivity index (χ3n) is 3.86. The van der Waals surface area contributed by atoms with Crippen molar-refractivity contribution in [3.8, 4) is 28.7 Å². The highest BCUT2D eigenvalue weighted by Gasteiger charge is 2.12. The van der Waals surface area contributed by atoms with Gasteiger partial charge in [-0.05, 0) is 29.8 Å². The number of nitrogens with zero attached hydrogens (tertiary/aromatic N) is 2. The van der Waals surface area contributed by atoms with Gasteiger partial charge in [-0.3, -0.25) is 0 Å². The highest BCUT2D eigenvalue weighted by Crippen LogP contribution is 2.29. The summed E-state index contributed by atoms with van der Waals surface area (Å²) in [5, 5.41) is 11.5. The average molecular weight is 355 g/mol. The van der Waals surface area contributed by atoms with Crippen LogP contribution in [0.1, 0.15) is 11.5 Å². The molecule has 0 saturated heterocycles. The van der Waals surface area contributed by atoms with Crippen LogP contribution in [0.4, 0.5) is 0 Å². The number of para-hydroxylation sites is 1. The minimum Gasteiger partial charge on any atom is -0.496 e. The maximum atomic E-state index is 5.72. The summed E-state index contributed by atoms with van der Waals surface area (Å²) in [5.74, 6) is 3.04. The van der Waals surface area contributed by atoms with E-state index in [9.17, 15) is 0 Å². The summed E-state index contributed by atoms with van der Waals surface area (Å²) in [6.45, 7) is 1.09. The molecule has 3 rings (SSSR count). The van der Waals surface area contributed by atoms with Gasteiger partial charge in [0.25, 0.3) is 5.89 Å². The van der Waals surface area contributed by atoms with E-state index in [1.165, 1.54) is 0 Å². The van der Waals surface area contributed by atoms with Crippen LogP contribution in [0, 0.1) is 0 Å². The molecule has 0 unspecified atom stereocenters. The second-order valence-electron chi connectivity index (χ2n) is 5.49. The van der Waals surface area contributed by atoms with Gasteiger partial charge in [0, 0.05) is 6.54 Å². The van der Waals surface area contributed by atoms with Crippen LogP contribution in [-0.2, 0) is 13.1 Å². The molecule has 0 bridgehead atoms. The number of rotatable bonds is 8. The third kappa shape index (κ3) is 3.94. The van der Waals surface area contributed by atoms with Crippen molar-refractivity contribution in [1.82, 2.24) is 15.5 Å². The van der Waals surface area contributed by atoms with Gasteiger partial charge in [-0.25, -0.2) is 0 Å². The largest absolute Gasteiger partial charge is 0.496 e. The molecule has 0 saturated carbocycles. The van der Waals surface area contributed by atoms with E-state index in [2.05, 4.69) is 15.5 Å². The van der Waals surface area contributed by atoms with E-state index in [1.807, 2.05) is 42.5 Å². The van der Waals surface area contributed by atoms with Gasteiger partial charge in [-0.2, -0.15) is 0 Å². The maximum Gasteiger partial charge on any atom is 0.251 e. The Bertz CT molecular complexity index is 863. The predicted octanol–water partition coefficient (Wildman–Crippen LogP) is 3.05. The highest BCUT2D eigenvalue weighted by molar-refractivity contribution is 5.62. The number of benzene rings is 2. The summed E-state index contributed by atoms with van der Waals surface area (Å²) in [7, 11) is 4.85. The summed E-state index contributed by atoms with van der Waals surface area (Å²) >= 11 is 0. The van der Waals surface area contributed by atoms with Gasteiger partial charge in [-0.15, -0.1) is 10.2 Å². The van der Waals surface area contributed by atoms with Crippen molar-refractivity contribution in [3.63, 3.8) is 0 Å². The molecule has 1 heterocycles. The summed E-state index contributed by atoms with van der Waals surface area (Å²) in [4.78, 5) is 0. The van der Waals surface area contributed by atoms with Crippen molar-refractivity contribution in [2.75, 3.05) is 21.3 Å². The average Bonchev–Trinajstić information content (AvgIpc) is 3.16. The third-order valence-corrected chi connectivity index (χ3v) is 3.86. The molecule has 0 fully saturated rings. The van der Waals surface area contributed by atoms with E-state index in [4.69, 9.17) is 18.6 Å². The van der Waals surface area contributed by atoms with Crippen LogP contribution >= 0.6 is 0 Å². The number of aromatic nitrogens is 2. The Hall–Kier alpha value is -3.06. The zero-order chi connectivity index (χ0) is 18.4. The molecule has 0 aliphatic heterocycles. The van der Waals surface area contributed by atoms with E-state index in [0.29, 0.717) is 42.1 Å². The molecule has 7 heteroatoms. The van der Waals surface area contributed by atoms with Gasteiger partial charge in [0.2, 0.25) is 5.89 Å². The van der Waals surface area contributed by atoms with Crippen LogP contribution in [-0.4, -0.2) is 31.5 Å². The molecule has 1 N–H and O–H groups in total. The molecule has 1 aromatic heterocycles. The van der Waals surface area contributed by atoms with Crippen molar-refractivity contribution in [1.29, 1.82) is 0 Å². The predicted molar refractivity (Wildman–Crippen MR) is 96.4 cm³/mol. The topological polar surface area (TPSA) is 78.6 Å². The molecule has 2 aromatic carbocycles. The molecule has 0 amide bonds. The van der Waals surface area contributed by atoms with Gasteiger partial charge in [-0.1, -0.05) is 18.2 Å². The summed E-state index contributed by atoms with van der Waals surface area (Å²) < 4.78 is 21.6. The molecule has 7 nitrogen and oxygen atoms in total. The number of hydrogen-bond acceptors (Lipinski definition) is 7. The summed E-state index contributed by atoms with van der Waals surface area (Å²) in [5.41, 5.74) is 1.83. The standard InChI is InChI=1S/C19H21N3O4/c1-23-15-7-5-4-6-14(15)19-22-21-18(26-19)12-20-11-13-8-9-16(24-2)17(10-13)25-3/h4-10,20H,11-12H2,1-3H3. The summed E-state index contributed by atoms with van der Waals surface area (Å²) in [6, 6.07) is 13.3. The maximum absolute atomic E-state index is 5.72. The Morgan fingerprint density at radius 2 is 1.62 bits per heavy atom. The van der Waals surface area contributed by atoms with Gasteiger partial charge in [0.15, 0.2) is 11.5 Å². The lowest BCUT2D eigenvalue weighted by molar-refractivity contribution is 0.354. The normalized spacial score (nSPS) is 10.6. The molecule has 3 aromatic rings. The molecule has 0 atom stereocenters. The van der Waals surface area contributed by atoms with Crippen molar-refractivity contribution >= 4 is 0 Å². The zero-order valence-corrected chi connectivity index (χ0v) is 15.0. The highest BCUT2D eigenvalue weighted by atomic mass is 16.5. The van der Waals surface area contributed by atoms with Gasteiger partial charge >= 0.3 is 0 Å². The lowest BCUT2D eigenvalue weighted by atomic mass is 10.2. The minimum atomic E-state index is 0.436. The Balaban J connectivity index is 1.62. The fraction of sp³-hybridized carbons (Fsp3) is 0.263. The van der Waals surface area contributed by atoms with Crippen LogP contribution in [0.15, 0.2) is 46.9 Å². The number of ether oxygens (including phenoxy) is 3. The monoisotopic (exact) mass is 355 g/mol. The first-order chi connectivity index (χ1) is 12.7. The van der Waals surface area contributed by atoms with Crippen molar-refractivity contribution in [2.45, 2.75) is 13.1 Å². The molecule has 0 aliphatic rings. The Morgan fingerprint density at radius 3 is 2.38 bits per heavy atom. The lowest BCUT2D eigenvalue weighted by Crippen LogP contribution is -2.13. The number of nitrogens with one attached hydrogen (secondary N) is 1. The molecular weight excluding hydrogens is 334 g/mol. The fourth-order valence-corrected chi connectivity index (χ4v) is 2.56. The smallest absolute Gasteiger partial charge is 0.251 e. The zero-order valence-electron chi connectivity index (χ0n) is 15.0. The van der Waals surface area contributed by atoms with Gasteiger partial charge < -0.3 is 23.9 Å². The van der Waals surface area contributed by atoms with Crippen LogP contribution in [0.5, 0.6) is 17.2 Å². The quantitative estimate of drug-likeness (QED) is 0.665. The van der Waals surface area contributed by atoms with E-state index in [1.54, 1.807) is 21.3 Å². The van der Waals surface area contributed by atoms with Crippen molar-refractivity contribution < 1.29 is 18.6 Å². The molecule has 0 radical (unpaired) electrons. The van der Waals surface area contributed by atoms with Crippen LogP contribution in [0.25, 0.3) is 11.5 Å². The van der Waals surface area contributed by atoms with Gasteiger partial charge in [0.1, 0.15) is 5.75 Å². The molecule has 0 aliphatic carbocycles. The molecular formula is C19H21N3O4. The SMILES string of the molecule is COc1ccc(CNCc2nnc(-c3ccccc3OC)o2)cc1OC. The van der Waals surface area contributed by atoms with E-state index in [-0.39, 0.29) is 0 Å². The van der Waals surface area contributed by atoms with Crippen LogP contribution in [0.2, 0.25) is 0 Å². The van der Waals surface area contributed by atoms with Crippen LogP contribution in [0.3, 0.4) is 0 Å². The molecule has 136 valence electrons. The Labute approximate surface area is 151 Å². The fourth-order valence-electron chi connectivity index (χ4n) is 2.56. The van der Waals surface area contributed by atoms with E-state index in [0.717, 1.165) is 11.1 Å². The van der Waals surface area contributed by atoms with Crippen molar-refractivity contribution in [2.24, 2.45) is 0 Å². The second-order valence-corrected chi connectivity index (χ2v) is 5.49. The summed E-state index contributed by atoms with van der Waals surface area (Å²) in [6.07, 6.45) is 0. The number of hydrogen-bond donors (Lipinski definition) is 1. The molecule has 0 spiro atoms. The second kappa shape index (κ2) is 8.35. The Morgan fingerprint density at radius 1 is 0.846 bits per heavy atom. The lowest BCUT2D eigenvalue weighted by Gasteiger charge is -2.09. The Kier molecular flexibility index (Phi) is 5.70. The first-order valence-corrected chi connectivity index (χ1v) is 8.12. The number of methoxy groups -OCH3 is 3. The van der Waals surface area contributed by atoms with E-state index < -0.39 is 0 Å². The van der Waals surface area contributed by atoms with E-state index >= 15 is 0 Å². The van der Waals surface area contributed by atoms with Crippen LogP contribution < -0.4 is 19.5 Å². The first-order valence-electron chi connectivity index (χ1n) is 8.12. The molecule has 26 heavy (non-hydrogen) atoms. The minimum absolute atomic E-state index is 0.436. The first kappa shape index (κ1) is 17.8. The van der Waals surface area contributed by atoms with Gasteiger partial charge in [0.05, 0.1) is 33.4 Å².